The van der Waals surface area contributed by atoms with E-state index in [2.05, 4.69) is 5.32 Å². The summed E-state index contributed by atoms with van der Waals surface area (Å²) in [6, 6.07) is 7.33. The van der Waals surface area contributed by atoms with Crippen molar-refractivity contribution in [2.45, 2.75) is 13.3 Å². The van der Waals surface area contributed by atoms with E-state index in [4.69, 9.17) is 0 Å². The van der Waals surface area contributed by atoms with Gasteiger partial charge in [-0.3, -0.25) is 9.59 Å². The van der Waals surface area contributed by atoms with Crippen LogP contribution in [0.4, 0.5) is 11.4 Å². The molecular weight excluding hydrogens is 192 g/mol. The van der Waals surface area contributed by atoms with E-state index < -0.39 is 0 Å². The van der Waals surface area contributed by atoms with Gasteiger partial charge in [0.2, 0.25) is 11.8 Å². The topological polar surface area (TPSA) is 49.4 Å². The minimum absolute atomic E-state index is 0.0426. The summed E-state index contributed by atoms with van der Waals surface area (Å²) < 4.78 is 0. The molecule has 0 bridgehead atoms. The number of nitrogens with zero attached hydrogens (tertiary/aromatic N) is 1. The lowest BCUT2D eigenvalue weighted by Crippen LogP contribution is -2.29. The minimum atomic E-state index is -0.0498. The smallest absolute Gasteiger partial charge is 0.226 e. The van der Waals surface area contributed by atoms with E-state index in [-0.39, 0.29) is 11.8 Å². The Balaban J connectivity index is 2.46. The third-order valence-electron chi connectivity index (χ3n) is 2.41. The van der Waals surface area contributed by atoms with Gasteiger partial charge in [0.15, 0.2) is 0 Å². The molecule has 15 heavy (non-hydrogen) atoms. The van der Waals surface area contributed by atoms with E-state index in [9.17, 15) is 9.59 Å². The number of fused-ring (bicyclic) bond motifs is 1. The third-order valence-corrected chi connectivity index (χ3v) is 2.41. The van der Waals surface area contributed by atoms with Crippen molar-refractivity contribution >= 4 is 23.2 Å². The number of hydrogen-bond acceptors (Lipinski definition) is 2. The van der Waals surface area contributed by atoms with E-state index in [1.54, 1.807) is 11.0 Å². The fraction of sp³-hybridized carbons (Fsp3) is 0.273. The first-order valence-electron chi connectivity index (χ1n) is 4.85. The van der Waals surface area contributed by atoms with Crippen LogP contribution in [0.15, 0.2) is 24.3 Å². The van der Waals surface area contributed by atoms with Gasteiger partial charge in [-0.15, -0.1) is 0 Å². The number of benzene rings is 1. The first-order valence-corrected chi connectivity index (χ1v) is 4.85. The molecule has 1 aliphatic heterocycles. The highest BCUT2D eigenvalue weighted by Gasteiger charge is 2.20. The number of carbonyl (C=O) groups is 2. The maximum atomic E-state index is 11.4. The van der Waals surface area contributed by atoms with Gasteiger partial charge in [0.05, 0.1) is 11.4 Å². The Bertz CT molecular complexity index is 415. The van der Waals surface area contributed by atoms with Gasteiger partial charge in [-0.25, -0.2) is 0 Å². The van der Waals surface area contributed by atoms with E-state index in [0.717, 1.165) is 5.69 Å². The lowest BCUT2D eigenvalue weighted by atomic mass is 10.2. The summed E-state index contributed by atoms with van der Waals surface area (Å²) in [5.41, 5.74) is 1.48. The van der Waals surface area contributed by atoms with Gasteiger partial charge in [-0.2, -0.15) is 0 Å². The largest absolute Gasteiger partial charge is 0.324 e. The Labute approximate surface area is 87.9 Å². The highest BCUT2D eigenvalue weighted by molar-refractivity contribution is 6.02. The highest BCUT2D eigenvalue weighted by atomic mass is 16.2. The molecule has 0 fully saturated rings. The Morgan fingerprint density at radius 1 is 1.40 bits per heavy atom. The zero-order valence-corrected chi connectivity index (χ0v) is 8.49. The molecule has 4 nitrogen and oxygen atoms in total. The summed E-state index contributed by atoms with van der Waals surface area (Å²) in [7, 11) is 0. The van der Waals surface area contributed by atoms with E-state index in [1.807, 2.05) is 18.2 Å². The van der Waals surface area contributed by atoms with Crippen molar-refractivity contribution in [3.8, 4) is 0 Å². The Hall–Kier alpha value is -1.84. The molecule has 2 rings (SSSR count). The molecular formula is C11H12N2O2. The normalized spacial score (nSPS) is 15.3. The molecule has 2 amide bonds. The first-order chi connectivity index (χ1) is 7.18. The van der Waals surface area contributed by atoms with Crippen LogP contribution in [0.25, 0.3) is 0 Å². The number of para-hydroxylation sites is 2. The molecule has 0 saturated carbocycles. The fourth-order valence-corrected chi connectivity index (χ4v) is 1.69. The maximum Gasteiger partial charge on any atom is 0.226 e. The monoisotopic (exact) mass is 204 g/mol. The molecule has 0 aliphatic carbocycles. The molecule has 1 aromatic carbocycles. The molecule has 0 unspecified atom stereocenters. The van der Waals surface area contributed by atoms with Gasteiger partial charge >= 0.3 is 0 Å². The van der Waals surface area contributed by atoms with Crippen LogP contribution in [0, 0.1) is 0 Å². The average molecular weight is 204 g/mol. The molecule has 4 heteroatoms. The molecule has 0 saturated heterocycles. The fourth-order valence-electron chi connectivity index (χ4n) is 1.69. The minimum Gasteiger partial charge on any atom is -0.324 e. The number of hydrogen-bond donors (Lipinski definition) is 1. The van der Waals surface area contributed by atoms with E-state index >= 15 is 0 Å². The lowest BCUT2D eigenvalue weighted by molar-refractivity contribution is -0.117. The first kappa shape index (κ1) is 9.71. The van der Waals surface area contributed by atoms with Gasteiger partial charge in [0.25, 0.3) is 0 Å². The molecule has 78 valence electrons. The Morgan fingerprint density at radius 3 is 2.87 bits per heavy atom. The summed E-state index contributed by atoms with van der Waals surface area (Å²) in [4.78, 5) is 24.4. The molecule has 1 N–H and O–H groups in total. The molecule has 1 heterocycles. The highest BCUT2D eigenvalue weighted by Crippen LogP contribution is 2.28. The molecule has 0 radical (unpaired) electrons. The van der Waals surface area contributed by atoms with Crippen molar-refractivity contribution < 1.29 is 9.59 Å². The third kappa shape index (κ3) is 1.83. The van der Waals surface area contributed by atoms with Crippen molar-refractivity contribution in [1.82, 2.24) is 0 Å². The summed E-state index contributed by atoms with van der Waals surface area (Å²) in [5, 5.41) is 2.77. The zero-order valence-electron chi connectivity index (χ0n) is 8.49. The molecule has 1 aliphatic rings. The standard InChI is InChI=1S/C11H12N2O2/c1-8(14)13-7-6-11(15)12-9-4-2-3-5-10(9)13/h2-5H,6-7H2,1H3,(H,12,15). The van der Waals surface area contributed by atoms with Gasteiger partial charge in [-0.05, 0) is 12.1 Å². The van der Waals surface area contributed by atoms with Crippen LogP contribution in [0.3, 0.4) is 0 Å². The molecule has 0 spiro atoms. The van der Waals surface area contributed by atoms with E-state index in [0.29, 0.717) is 18.7 Å². The second-order valence-corrected chi connectivity index (χ2v) is 3.49. The van der Waals surface area contributed by atoms with Crippen LogP contribution in [0.5, 0.6) is 0 Å². The van der Waals surface area contributed by atoms with Crippen LogP contribution in [-0.2, 0) is 9.59 Å². The number of amides is 2. The average Bonchev–Trinajstić information content (AvgIpc) is 2.35. The molecule has 0 atom stereocenters. The van der Waals surface area contributed by atoms with Crippen molar-refractivity contribution in [2.75, 3.05) is 16.8 Å². The number of carbonyl (C=O) groups excluding carboxylic acids is 2. The van der Waals surface area contributed by atoms with Crippen molar-refractivity contribution in [1.29, 1.82) is 0 Å². The van der Waals surface area contributed by atoms with Crippen LogP contribution in [0.2, 0.25) is 0 Å². The molecule has 1 aromatic rings. The number of anilines is 2. The van der Waals surface area contributed by atoms with Crippen LogP contribution in [-0.4, -0.2) is 18.4 Å². The van der Waals surface area contributed by atoms with Gasteiger partial charge in [0.1, 0.15) is 0 Å². The van der Waals surface area contributed by atoms with Crippen molar-refractivity contribution in [3.05, 3.63) is 24.3 Å². The quantitative estimate of drug-likeness (QED) is 0.694. The Kier molecular flexibility index (Phi) is 2.41. The van der Waals surface area contributed by atoms with Crippen LogP contribution in [0.1, 0.15) is 13.3 Å². The van der Waals surface area contributed by atoms with E-state index in [1.165, 1.54) is 6.92 Å². The second kappa shape index (κ2) is 3.73. The Morgan fingerprint density at radius 2 is 2.13 bits per heavy atom. The number of nitrogens with one attached hydrogen (secondary N) is 1. The summed E-state index contributed by atoms with van der Waals surface area (Å²) in [6.45, 7) is 1.95. The summed E-state index contributed by atoms with van der Waals surface area (Å²) >= 11 is 0. The van der Waals surface area contributed by atoms with Crippen molar-refractivity contribution in [2.24, 2.45) is 0 Å². The molecule has 0 aromatic heterocycles. The number of rotatable bonds is 0. The van der Waals surface area contributed by atoms with Gasteiger partial charge < -0.3 is 10.2 Å². The SMILES string of the molecule is CC(=O)N1CCC(=O)Nc2ccccc21. The van der Waals surface area contributed by atoms with Crippen LogP contribution < -0.4 is 10.2 Å². The predicted octanol–water partition coefficient (Wildman–Crippen LogP) is 1.38. The zero-order chi connectivity index (χ0) is 10.8. The van der Waals surface area contributed by atoms with Crippen molar-refractivity contribution in [3.63, 3.8) is 0 Å². The van der Waals surface area contributed by atoms with Crippen LogP contribution >= 0.6 is 0 Å². The maximum absolute atomic E-state index is 11.4. The second-order valence-electron chi connectivity index (χ2n) is 3.49. The summed E-state index contributed by atoms with van der Waals surface area (Å²) in [5.74, 6) is -0.0925. The van der Waals surface area contributed by atoms with Gasteiger partial charge in [-0.1, -0.05) is 12.1 Å². The predicted molar refractivity (Wildman–Crippen MR) is 57.7 cm³/mol. The lowest BCUT2D eigenvalue weighted by Gasteiger charge is -2.19. The van der Waals surface area contributed by atoms with Gasteiger partial charge in [0, 0.05) is 19.9 Å². The summed E-state index contributed by atoms with van der Waals surface area (Å²) in [6.07, 6.45) is 0.342.